The van der Waals surface area contributed by atoms with E-state index in [1.807, 2.05) is 25.1 Å². The van der Waals surface area contributed by atoms with Crippen molar-refractivity contribution < 1.29 is 19.9 Å². The lowest BCUT2D eigenvalue weighted by molar-refractivity contribution is 0.0696. The quantitative estimate of drug-likeness (QED) is 0.455. The Morgan fingerprint density at radius 1 is 0.931 bits per heavy atom. The topological polar surface area (TPSA) is 104 Å². The molecule has 3 N–H and O–H groups in total. The third kappa shape index (κ3) is 3.53. The van der Waals surface area contributed by atoms with Crippen LogP contribution in [-0.2, 0) is 0 Å². The van der Waals surface area contributed by atoms with Crippen LogP contribution in [0.1, 0.15) is 26.3 Å². The van der Waals surface area contributed by atoms with Gasteiger partial charge in [-0.25, -0.2) is 9.78 Å². The minimum atomic E-state index is -1.04. The summed E-state index contributed by atoms with van der Waals surface area (Å²) in [4.78, 5) is 27.7. The standard InChI is InChI=1S/C22H17N3O4/c1-13-2-11-18-19(12-13)25(29)20(24-18)14-7-9-17(10-8-14)23-21(26)15-3-5-16(6-4-15)22(27)28/h2-12,29H,1H3,(H,23,26)(H,27,28). The van der Waals surface area contributed by atoms with Gasteiger partial charge in [0.2, 0.25) is 0 Å². The van der Waals surface area contributed by atoms with E-state index >= 15 is 0 Å². The summed E-state index contributed by atoms with van der Waals surface area (Å²) >= 11 is 0. The number of rotatable bonds is 4. The van der Waals surface area contributed by atoms with Crippen LogP contribution in [0.5, 0.6) is 0 Å². The summed E-state index contributed by atoms with van der Waals surface area (Å²) in [5, 5.41) is 22.1. The molecule has 1 aromatic heterocycles. The number of benzene rings is 3. The van der Waals surface area contributed by atoms with Crippen LogP contribution in [0.4, 0.5) is 5.69 Å². The van der Waals surface area contributed by atoms with Crippen molar-refractivity contribution in [3.63, 3.8) is 0 Å². The van der Waals surface area contributed by atoms with E-state index < -0.39 is 5.97 Å². The first-order valence-corrected chi connectivity index (χ1v) is 8.86. The number of hydrogen-bond donors (Lipinski definition) is 3. The highest BCUT2D eigenvalue weighted by Crippen LogP contribution is 2.25. The second-order valence-electron chi connectivity index (χ2n) is 6.65. The van der Waals surface area contributed by atoms with Crippen molar-refractivity contribution in [2.24, 2.45) is 0 Å². The van der Waals surface area contributed by atoms with Gasteiger partial charge in [0.25, 0.3) is 5.91 Å². The molecule has 1 amide bonds. The molecule has 0 fully saturated rings. The maximum absolute atomic E-state index is 12.3. The fourth-order valence-electron chi connectivity index (χ4n) is 3.03. The Hall–Kier alpha value is -4.13. The molecule has 7 nitrogen and oxygen atoms in total. The van der Waals surface area contributed by atoms with Crippen LogP contribution in [0.2, 0.25) is 0 Å². The molecule has 4 aromatic rings. The summed E-state index contributed by atoms with van der Waals surface area (Å²) in [6.45, 7) is 1.94. The van der Waals surface area contributed by atoms with Gasteiger partial charge in [0, 0.05) is 16.8 Å². The van der Waals surface area contributed by atoms with Gasteiger partial charge in [-0.2, -0.15) is 4.73 Å². The molecule has 1 heterocycles. The Bertz CT molecular complexity index is 1230. The fraction of sp³-hybridized carbons (Fsp3) is 0.0455. The Morgan fingerprint density at radius 2 is 1.59 bits per heavy atom. The van der Waals surface area contributed by atoms with E-state index in [2.05, 4.69) is 10.3 Å². The highest BCUT2D eigenvalue weighted by Gasteiger charge is 2.13. The zero-order valence-electron chi connectivity index (χ0n) is 15.5. The first kappa shape index (κ1) is 18.2. The normalized spacial score (nSPS) is 10.8. The number of nitrogens with one attached hydrogen (secondary N) is 1. The molecule has 0 aliphatic heterocycles. The predicted octanol–water partition coefficient (Wildman–Crippen LogP) is 4.20. The Balaban J connectivity index is 1.54. The maximum Gasteiger partial charge on any atom is 0.335 e. The van der Waals surface area contributed by atoms with Crippen LogP contribution in [0.3, 0.4) is 0 Å². The van der Waals surface area contributed by atoms with Gasteiger partial charge in [0.15, 0.2) is 5.82 Å². The Labute approximate surface area is 165 Å². The summed E-state index contributed by atoms with van der Waals surface area (Å²) in [6.07, 6.45) is 0. The van der Waals surface area contributed by atoms with Crippen LogP contribution < -0.4 is 5.32 Å². The number of carbonyl (C=O) groups excluding carboxylic acids is 1. The number of aromatic nitrogens is 2. The second kappa shape index (κ2) is 7.12. The summed E-state index contributed by atoms with van der Waals surface area (Å²) in [5.41, 5.74) is 4.08. The van der Waals surface area contributed by atoms with Gasteiger partial charge in [-0.15, -0.1) is 0 Å². The van der Waals surface area contributed by atoms with E-state index in [9.17, 15) is 14.8 Å². The molecule has 7 heteroatoms. The molecule has 144 valence electrons. The van der Waals surface area contributed by atoms with Crippen molar-refractivity contribution in [2.45, 2.75) is 6.92 Å². The van der Waals surface area contributed by atoms with E-state index in [-0.39, 0.29) is 11.5 Å². The van der Waals surface area contributed by atoms with Crippen LogP contribution >= 0.6 is 0 Å². The lowest BCUT2D eigenvalue weighted by Gasteiger charge is -2.07. The second-order valence-corrected chi connectivity index (χ2v) is 6.65. The molecule has 29 heavy (non-hydrogen) atoms. The molecule has 0 unspecified atom stereocenters. The van der Waals surface area contributed by atoms with E-state index in [4.69, 9.17) is 5.11 Å². The first-order valence-electron chi connectivity index (χ1n) is 8.86. The van der Waals surface area contributed by atoms with Crippen LogP contribution in [-0.4, -0.2) is 31.9 Å². The minimum Gasteiger partial charge on any atom is -0.478 e. The number of imidazole rings is 1. The molecule has 0 radical (unpaired) electrons. The van der Waals surface area contributed by atoms with Gasteiger partial charge in [0.1, 0.15) is 5.52 Å². The van der Waals surface area contributed by atoms with Crippen molar-refractivity contribution in [1.29, 1.82) is 0 Å². The number of fused-ring (bicyclic) bond motifs is 1. The van der Waals surface area contributed by atoms with Crippen molar-refractivity contribution in [3.05, 3.63) is 83.4 Å². The van der Waals surface area contributed by atoms with Gasteiger partial charge in [0.05, 0.1) is 11.1 Å². The van der Waals surface area contributed by atoms with Crippen molar-refractivity contribution >= 4 is 28.6 Å². The van der Waals surface area contributed by atoms with E-state index in [1.165, 1.54) is 24.3 Å². The molecule has 0 spiro atoms. The zero-order chi connectivity index (χ0) is 20.5. The number of aromatic carboxylic acids is 1. The maximum atomic E-state index is 12.3. The van der Waals surface area contributed by atoms with Crippen LogP contribution in [0, 0.1) is 6.92 Å². The van der Waals surface area contributed by atoms with Crippen molar-refractivity contribution in [3.8, 4) is 11.4 Å². The number of carbonyl (C=O) groups is 2. The molecular weight excluding hydrogens is 370 g/mol. The van der Waals surface area contributed by atoms with Gasteiger partial charge < -0.3 is 15.6 Å². The number of amides is 1. The molecule has 0 saturated heterocycles. The van der Waals surface area contributed by atoms with Gasteiger partial charge in [-0.1, -0.05) is 6.07 Å². The number of aryl methyl sites for hydroxylation is 1. The highest BCUT2D eigenvalue weighted by molar-refractivity contribution is 6.04. The number of carboxylic acid groups (broad SMARTS) is 1. The van der Waals surface area contributed by atoms with Gasteiger partial charge in [-0.05, 0) is 73.2 Å². The third-order valence-electron chi connectivity index (χ3n) is 4.58. The summed E-state index contributed by atoms with van der Waals surface area (Å²) < 4.78 is 1.06. The summed E-state index contributed by atoms with van der Waals surface area (Å²) in [5.74, 6) is -0.982. The largest absolute Gasteiger partial charge is 0.478 e. The summed E-state index contributed by atoms with van der Waals surface area (Å²) in [7, 11) is 0. The Morgan fingerprint density at radius 3 is 2.24 bits per heavy atom. The first-order chi connectivity index (χ1) is 13.9. The molecule has 0 aliphatic rings. The number of carboxylic acids is 1. The van der Waals surface area contributed by atoms with E-state index in [1.54, 1.807) is 24.3 Å². The zero-order valence-corrected chi connectivity index (χ0v) is 15.5. The van der Waals surface area contributed by atoms with Crippen molar-refractivity contribution in [1.82, 2.24) is 9.71 Å². The van der Waals surface area contributed by atoms with Gasteiger partial charge >= 0.3 is 5.97 Å². The average molecular weight is 387 g/mol. The lowest BCUT2D eigenvalue weighted by Crippen LogP contribution is -2.12. The fourth-order valence-corrected chi connectivity index (χ4v) is 3.03. The SMILES string of the molecule is Cc1ccc2nc(-c3ccc(NC(=O)c4ccc(C(=O)O)cc4)cc3)n(O)c2c1. The molecule has 0 aliphatic carbocycles. The van der Waals surface area contributed by atoms with Crippen molar-refractivity contribution in [2.75, 3.05) is 5.32 Å². The monoisotopic (exact) mass is 387 g/mol. The smallest absolute Gasteiger partial charge is 0.335 e. The van der Waals surface area contributed by atoms with Gasteiger partial charge in [-0.3, -0.25) is 4.79 Å². The summed E-state index contributed by atoms with van der Waals surface area (Å²) in [6, 6.07) is 18.3. The molecule has 0 bridgehead atoms. The highest BCUT2D eigenvalue weighted by atomic mass is 16.5. The predicted molar refractivity (Wildman–Crippen MR) is 108 cm³/mol. The third-order valence-corrected chi connectivity index (χ3v) is 4.58. The lowest BCUT2D eigenvalue weighted by atomic mass is 10.1. The van der Waals surface area contributed by atoms with Crippen LogP contribution in [0.15, 0.2) is 66.7 Å². The van der Waals surface area contributed by atoms with E-state index in [0.717, 1.165) is 10.3 Å². The molecule has 3 aromatic carbocycles. The Kier molecular flexibility index (Phi) is 4.48. The molecule has 0 atom stereocenters. The average Bonchev–Trinajstić information content (AvgIpc) is 3.04. The van der Waals surface area contributed by atoms with Crippen LogP contribution in [0.25, 0.3) is 22.4 Å². The molecule has 0 saturated carbocycles. The van der Waals surface area contributed by atoms with E-state index in [0.29, 0.717) is 33.7 Å². The number of hydrogen-bond acceptors (Lipinski definition) is 4. The molecular formula is C22H17N3O4. The number of nitrogens with zero attached hydrogens (tertiary/aromatic N) is 2. The minimum absolute atomic E-state index is 0.119. The molecule has 4 rings (SSSR count). The number of anilines is 1.